The number of esters is 1. The van der Waals surface area contributed by atoms with Gasteiger partial charge in [-0.25, -0.2) is 4.79 Å². The lowest BCUT2D eigenvalue weighted by molar-refractivity contribution is -0.142. The number of hydrogen-bond donors (Lipinski definition) is 2. The fourth-order valence-corrected chi connectivity index (χ4v) is 2.48. The number of methoxy groups -OCH3 is 2. The molecule has 0 saturated carbocycles. The molecule has 142 valence electrons. The zero-order valence-electron chi connectivity index (χ0n) is 15.4. The van der Waals surface area contributed by atoms with Crippen molar-refractivity contribution in [1.82, 2.24) is 5.32 Å². The van der Waals surface area contributed by atoms with Gasteiger partial charge in [0.2, 0.25) is 5.91 Å². The molecule has 0 aromatic heterocycles. The first-order valence-electron chi connectivity index (χ1n) is 8.32. The maximum absolute atomic E-state index is 12.5. The van der Waals surface area contributed by atoms with Crippen LogP contribution in [0.2, 0.25) is 0 Å². The molecule has 2 amide bonds. The van der Waals surface area contributed by atoms with Crippen molar-refractivity contribution in [1.29, 1.82) is 0 Å². The highest BCUT2D eigenvalue weighted by Gasteiger charge is 2.22. The summed E-state index contributed by atoms with van der Waals surface area (Å²) in [4.78, 5) is 35.6. The van der Waals surface area contributed by atoms with Crippen LogP contribution in [0.3, 0.4) is 0 Å². The van der Waals surface area contributed by atoms with Crippen molar-refractivity contribution in [2.45, 2.75) is 19.4 Å². The molecule has 0 saturated heterocycles. The van der Waals surface area contributed by atoms with E-state index < -0.39 is 17.9 Å². The van der Waals surface area contributed by atoms with E-state index >= 15 is 0 Å². The summed E-state index contributed by atoms with van der Waals surface area (Å²) in [5, 5.41) is 5.32. The molecule has 2 rings (SSSR count). The molecular formula is C20H22N2O5. The predicted molar refractivity (Wildman–Crippen MR) is 101 cm³/mol. The van der Waals surface area contributed by atoms with Crippen molar-refractivity contribution in [3.63, 3.8) is 0 Å². The van der Waals surface area contributed by atoms with Crippen LogP contribution in [0.5, 0.6) is 5.75 Å². The fourth-order valence-electron chi connectivity index (χ4n) is 2.48. The Kier molecular flexibility index (Phi) is 6.93. The number of rotatable bonds is 7. The van der Waals surface area contributed by atoms with E-state index in [0.29, 0.717) is 17.0 Å². The van der Waals surface area contributed by atoms with E-state index in [0.717, 1.165) is 5.56 Å². The summed E-state index contributed by atoms with van der Waals surface area (Å²) in [5.74, 6) is -0.434. The van der Waals surface area contributed by atoms with Gasteiger partial charge in [0.25, 0.3) is 5.91 Å². The van der Waals surface area contributed by atoms with Gasteiger partial charge in [-0.1, -0.05) is 12.1 Å². The number of carbonyl (C=O) groups excluding carboxylic acids is 3. The highest BCUT2D eigenvalue weighted by atomic mass is 16.5. The van der Waals surface area contributed by atoms with E-state index in [4.69, 9.17) is 9.47 Å². The normalized spacial score (nSPS) is 11.2. The van der Waals surface area contributed by atoms with Crippen molar-refractivity contribution in [3.05, 3.63) is 59.7 Å². The van der Waals surface area contributed by atoms with Crippen LogP contribution in [0.25, 0.3) is 0 Å². The van der Waals surface area contributed by atoms with Gasteiger partial charge >= 0.3 is 5.97 Å². The van der Waals surface area contributed by atoms with Gasteiger partial charge in [0.05, 0.1) is 14.2 Å². The van der Waals surface area contributed by atoms with Crippen LogP contribution < -0.4 is 15.4 Å². The van der Waals surface area contributed by atoms with Crippen LogP contribution >= 0.6 is 0 Å². The molecule has 7 heteroatoms. The molecule has 0 spiro atoms. The number of nitrogens with one attached hydrogen (secondary N) is 2. The number of benzene rings is 2. The van der Waals surface area contributed by atoms with Crippen LogP contribution in [0.1, 0.15) is 22.8 Å². The third-order valence-corrected chi connectivity index (χ3v) is 3.86. The molecule has 27 heavy (non-hydrogen) atoms. The molecule has 0 unspecified atom stereocenters. The largest absolute Gasteiger partial charge is 0.497 e. The molecule has 2 aromatic carbocycles. The number of ether oxygens (including phenoxy) is 2. The summed E-state index contributed by atoms with van der Waals surface area (Å²) in [7, 11) is 2.85. The summed E-state index contributed by atoms with van der Waals surface area (Å²) >= 11 is 0. The average molecular weight is 370 g/mol. The Bertz CT molecular complexity index is 800. The van der Waals surface area contributed by atoms with Crippen molar-refractivity contribution in [3.8, 4) is 5.75 Å². The molecule has 0 aliphatic rings. The maximum Gasteiger partial charge on any atom is 0.328 e. The molecular weight excluding hydrogens is 348 g/mol. The van der Waals surface area contributed by atoms with Gasteiger partial charge in [-0.15, -0.1) is 0 Å². The zero-order valence-corrected chi connectivity index (χ0v) is 15.4. The summed E-state index contributed by atoms with van der Waals surface area (Å²) < 4.78 is 9.91. The SMILES string of the molecule is COC(=O)[C@H](Cc1ccc(OC)cc1)NC(=O)c1ccc(NC(C)=O)cc1. The van der Waals surface area contributed by atoms with Gasteiger partial charge < -0.3 is 20.1 Å². The first-order valence-corrected chi connectivity index (χ1v) is 8.32. The standard InChI is InChI=1S/C20H22N2O5/c1-13(23)21-16-8-6-15(7-9-16)19(24)22-18(20(25)27-3)12-14-4-10-17(26-2)11-5-14/h4-11,18H,12H2,1-3H3,(H,21,23)(H,22,24)/t18-/m0/s1. The van der Waals surface area contributed by atoms with Gasteiger partial charge in [0.15, 0.2) is 0 Å². The van der Waals surface area contributed by atoms with Crippen molar-refractivity contribution < 1.29 is 23.9 Å². The molecule has 7 nitrogen and oxygen atoms in total. The summed E-state index contributed by atoms with van der Waals surface area (Å²) in [6, 6.07) is 12.8. The molecule has 0 radical (unpaired) electrons. The van der Waals surface area contributed by atoms with Crippen LogP contribution in [0.15, 0.2) is 48.5 Å². The summed E-state index contributed by atoms with van der Waals surface area (Å²) in [6.45, 7) is 1.40. The molecule has 0 heterocycles. The molecule has 0 fully saturated rings. The van der Waals surface area contributed by atoms with Gasteiger partial charge in [-0.05, 0) is 42.0 Å². The third kappa shape index (κ3) is 5.85. The molecule has 2 N–H and O–H groups in total. The molecule has 1 atom stereocenters. The minimum Gasteiger partial charge on any atom is -0.497 e. The van der Waals surface area contributed by atoms with E-state index in [-0.39, 0.29) is 12.3 Å². The summed E-state index contributed by atoms with van der Waals surface area (Å²) in [6.07, 6.45) is 0.284. The Morgan fingerprint density at radius 2 is 1.59 bits per heavy atom. The maximum atomic E-state index is 12.5. The van der Waals surface area contributed by atoms with Crippen LogP contribution in [-0.4, -0.2) is 38.0 Å². The second-order valence-electron chi connectivity index (χ2n) is 5.86. The van der Waals surface area contributed by atoms with E-state index in [9.17, 15) is 14.4 Å². The number of amides is 2. The van der Waals surface area contributed by atoms with Gasteiger partial charge in [-0.3, -0.25) is 9.59 Å². The zero-order chi connectivity index (χ0) is 19.8. The molecule has 0 aliphatic heterocycles. The Hall–Kier alpha value is -3.35. The number of anilines is 1. The number of hydrogen-bond acceptors (Lipinski definition) is 5. The molecule has 2 aromatic rings. The first-order chi connectivity index (χ1) is 12.9. The fraction of sp³-hybridized carbons (Fsp3) is 0.250. The average Bonchev–Trinajstić information content (AvgIpc) is 2.67. The first kappa shape index (κ1) is 20.0. The molecule has 0 bridgehead atoms. The van der Waals surface area contributed by atoms with E-state index in [1.165, 1.54) is 14.0 Å². The van der Waals surface area contributed by atoms with Gasteiger partial charge in [0.1, 0.15) is 11.8 Å². The van der Waals surface area contributed by atoms with Gasteiger partial charge in [-0.2, -0.15) is 0 Å². The quantitative estimate of drug-likeness (QED) is 0.729. The predicted octanol–water partition coefficient (Wildman–Crippen LogP) is 2.17. The van der Waals surface area contributed by atoms with Crippen molar-refractivity contribution in [2.24, 2.45) is 0 Å². The highest BCUT2D eigenvalue weighted by molar-refractivity contribution is 5.97. The number of carbonyl (C=O) groups is 3. The Morgan fingerprint density at radius 1 is 0.963 bits per heavy atom. The lowest BCUT2D eigenvalue weighted by Gasteiger charge is -2.17. The smallest absolute Gasteiger partial charge is 0.328 e. The van der Waals surface area contributed by atoms with E-state index in [1.807, 2.05) is 12.1 Å². The van der Waals surface area contributed by atoms with Crippen molar-refractivity contribution in [2.75, 3.05) is 19.5 Å². The minimum atomic E-state index is -0.828. The summed E-state index contributed by atoms with van der Waals surface area (Å²) in [5.41, 5.74) is 1.81. The second-order valence-corrected chi connectivity index (χ2v) is 5.86. The van der Waals surface area contributed by atoms with Crippen LogP contribution in [0, 0.1) is 0 Å². The Balaban J connectivity index is 2.08. The third-order valence-electron chi connectivity index (χ3n) is 3.86. The monoisotopic (exact) mass is 370 g/mol. The van der Waals surface area contributed by atoms with Crippen molar-refractivity contribution >= 4 is 23.5 Å². The molecule has 0 aliphatic carbocycles. The topological polar surface area (TPSA) is 93.7 Å². The Morgan fingerprint density at radius 3 is 2.11 bits per heavy atom. The van der Waals surface area contributed by atoms with Crippen LogP contribution in [-0.2, 0) is 20.7 Å². The highest BCUT2D eigenvalue weighted by Crippen LogP contribution is 2.14. The lowest BCUT2D eigenvalue weighted by Crippen LogP contribution is -2.43. The van der Waals surface area contributed by atoms with E-state index in [1.54, 1.807) is 43.5 Å². The lowest BCUT2D eigenvalue weighted by atomic mass is 10.0. The Labute approximate surface area is 157 Å². The van der Waals surface area contributed by atoms with Crippen LogP contribution in [0.4, 0.5) is 5.69 Å². The van der Waals surface area contributed by atoms with E-state index in [2.05, 4.69) is 10.6 Å². The van der Waals surface area contributed by atoms with Gasteiger partial charge in [0, 0.05) is 24.6 Å². The minimum absolute atomic E-state index is 0.197. The second kappa shape index (κ2) is 9.38.